The fourth-order valence-corrected chi connectivity index (χ4v) is 5.85. The van der Waals surface area contributed by atoms with Gasteiger partial charge in [0.15, 0.2) is 11.5 Å². The lowest BCUT2D eigenvalue weighted by atomic mass is 10.1. The molecule has 9 nitrogen and oxygen atoms in total. The molecular weight excluding hydrogens is 578 g/mol. The minimum Gasteiger partial charge on any atom is -0.493 e. The first kappa shape index (κ1) is 32.8. The van der Waals surface area contributed by atoms with Crippen LogP contribution < -0.4 is 19.1 Å². The van der Waals surface area contributed by atoms with Gasteiger partial charge in [0.25, 0.3) is 10.0 Å². The maximum Gasteiger partial charge on any atom is 0.264 e. The van der Waals surface area contributed by atoms with E-state index in [-0.39, 0.29) is 29.1 Å². The first-order chi connectivity index (χ1) is 19.9. The van der Waals surface area contributed by atoms with Crippen molar-refractivity contribution in [3.63, 3.8) is 0 Å². The molecule has 0 heterocycles. The number of rotatable bonds is 13. The summed E-state index contributed by atoms with van der Waals surface area (Å²) in [6.45, 7) is 6.76. The van der Waals surface area contributed by atoms with Gasteiger partial charge in [0.2, 0.25) is 11.8 Å². The smallest absolute Gasteiger partial charge is 0.264 e. The summed E-state index contributed by atoms with van der Waals surface area (Å²) in [5.41, 5.74) is 1.77. The number of carbonyl (C=O) groups is 2. The molecule has 0 aromatic heterocycles. The Morgan fingerprint density at radius 3 is 2.21 bits per heavy atom. The van der Waals surface area contributed by atoms with Gasteiger partial charge in [0, 0.05) is 23.7 Å². The van der Waals surface area contributed by atoms with Gasteiger partial charge in [0.05, 0.1) is 24.8 Å². The summed E-state index contributed by atoms with van der Waals surface area (Å²) >= 11 is 6.20. The molecule has 42 heavy (non-hydrogen) atoms. The Balaban J connectivity index is 2.09. The van der Waals surface area contributed by atoms with E-state index < -0.39 is 28.5 Å². The normalized spacial score (nSPS) is 12.6. The molecule has 0 aliphatic heterocycles. The average Bonchev–Trinajstić information content (AvgIpc) is 2.97. The molecule has 11 heteroatoms. The molecule has 0 saturated heterocycles. The van der Waals surface area contributed by atoms with Crippen LogP contribution in [0.25, 0.3) is 0 Å². The summed E-state index contributed by atoms with van der Waals surface area (Å²) in [6.07, 6.45) is 0.711. The van der Waals surface area contributed by atoms with Gasteiger partial charge in [-0.3, -0.25) is 13.9 Å². The highest BCUT2D eigenvalue weighted by molar-refractivity contribution is 7.92. The van der Waals surface area contributed by atoms with Crippen LogP contribution in [0.3, 0.4) is 0 Å². The van der Waals surface area contributed by atoms with Gasteiger partial charge in [-0.05, 0) is 69.2 Å². The van der Waals surface area contributed by atoms with E-state index >= 15 is 0 Å². The Hall–Kier alpha value is -3.76. The number of amides is 2. The van der Waals surface area contributed by atoms with Crippen LogP contribution in [0.5, 0.6) is 11.5 Å². The van der Waals surface area contributed by atoms with Crippen LogP contribution in [-0.2, 0) is 26.2 Å². The van der Waals surface area contributed by atoms with Crippen LogP contribution in [0.4, 0.5) is 5.69 Å². The summed E-state index contributed by atoms with van der Waals surface area (Å²) < 4.78 is 39.8. The van der Waals surface area contributed by atoms with E-state index in [1.165, 1.54) is 37.3 Å². The summed E-state index contributed by atoms with van der Waals surface area (Å²) in [5, 5.41) is 3.39. The highest BCUT2D eigenvalue weighted by atomic mass is 35.5. The molecule has 0 aliphatic carbocycles. The van der Waals surface area contributed by atoms with Crippen LogP contribution in [0.1, 0.15) is 38.3 Å². The van der Waals surface area contributed by atoms with Gasteiger partial charge in [-0.15, -0.1) is 0 Å². The van der Waals surface area contributed by atoms with E-state index in [1.54, 1.807) is 55.5 Å². The number of nitrogens with zero attached hydrogens (tertiary/aromatic N) is 2. The first-order valence-electron chi connectivity index (χ1n) is 13.6. The van der Waals surface area contributed by atoms with E-state index in [4.69, 9.17) is 21.1 Å². The minimum atomic E-state index is -4.22. The molecule has 0 saturated carbocycles. The van der Waals surface area contributed by atoms with Crippen molar-refractivity contribution in [1.29, 1.82) is 0 Å². The Bertz CT molecular complexity index is 1500. The molecule has 0 radical (unpaired) electrons. The zero-order valence-electron chi connectivity index (χ0n) is 24.8. The first-order valence-corrected chi connectivity index (χ1v) is 15.4. The van der Waals surface area contributed by atoms with Gasteiger partial charge >= 0.3 is 0 Å². The Labute approximate surface area is 253 Å². The van der Waals surface area contributed by atoms with E-state index in [0.717, 1.165) is 9.87 Å². The van der Waals surface area contributed by atoms with Crippen molar-refractivity contribution in [1.82, 2.24) is 10.2 Å². The molecule has 3 aromatic carbocycles. The van der Waals surface area contributed by atoms with Crippen LogP contribution >= 0.6 is 11.6 Å². The number of benzene rings is 3. The van der Waals surface area contributed by atoms with E-state index in [2.05, 4.69) is 5.32 Å². The third kappa shape index (κ3) is 7.95. The number of aryl methyl sites for hydroxylation is 1. The molecule has 0 bridgehead atoms. The Kier molecular flexibility index (Phi) is 11.2. The Morgan fingerprint density at radius 1 is 0.952 bits per heavy atom. The molecule has 0 fully saturated rings. The molecule has 0 aliphatic rings. The lowest BCUT2D eigenvalue weighted by Crippen LogP contribution is -2.52. The number of sulfonamides is 1. The highest BCUT2D eigenvalue weighted by Gasteiger charge is 2.33. The molecule has 3 aromatic rings. The number of ether oxygens (including phenoxy) is 2. The molecule has 2 amide bonds. The van der Waals surface area contributed by atoms with Gasteiger partial charge in [0.1, 0.15) is 12.6 Å². The summed E-state index contributed by atoms with van der Waals surface area (Å²) in [7, 11) is -1.31. The van der Waals surface area contributed by atoms with Crippen molar-refractivity contribution in [2.45, 2.75) is 57.6 Å². The molecule has 226 valence electrons. The number of anilines is 1. The predicted octanol–water partition coefficient (Wildman–Crippen LogP) is 5.19. The number of hydrogen-bond acceptors (Lipinski definition) is 6. The third-order valence-corrected chi connectivity index (χ3v) is 8.98. The largest absolute Gasteiger partial charge is 0.493 e. The molecular formula is C31H38ClN3O6S. The van der Waals surface area contributed by atoms with Crippen molar-refractivity contribution in [3.05, 3.63) is 82.9 Å². The van der Waals surface area contributed by atoms with Crippen molar-refractivity contribution in [3.8, 4) is 11.5 Å². The molecule has 0 spiro atoms. The number of methoxy groups -OCH3 is 2. The minimum absolute atomic E-state index is 0.0136. The van der Waals surface area contributed by atoms with Gasteiger partial charge in [-0.25, -0.2) is 8.42 Å². The van der Waals surface area contributed by atoms with Crippen molar-refractivity contribution in [2.75, 3.05) is 25.1 Å². The number of halogens is 1. The fraction of sp³-hybridized carbons (Fsp3) is 0.355. The number of carbonyl (C=O) groups excluding carboxylic acids is 2. The summed E-state index contributed by atoms with van der Waals surface area (Å²) in [4.78, 5) is 28.6. The second-order valence-electron chi connectivity index (χ2n) is 10.0. The van der Waals surface area contributed by atoms with Gasteiger partial charge in [-0.2, -0.15) is 0 Å². The molecule has 2 atom stereocenters. The predicted molar refractivity (Wildman–Crippen MR) is 165 cm³/mol. The van der Waals surface area contributed by atoms with E-state index in [9.17, 15) is 18.0 Å². The number of hydrogen-bond donors (Lipinski definition) is 1. The van der Waals surface area contributed by atoms with Crippen LogP contribution in [-0.4, -0.2) is 58.0 Å². The highest BCUT2D eigenvalue weighted by Crippen LogP contribution is 2.34. The monoisotopic (exact) mass is 615 g/mol. The molecule has 3 rings (SSSR count). The molecule has 2 unspecified atom stereocenters. The van der Waals surface area contributed by atoms with E-state index in [1.807, 2.05) is 20.8 Å². The van der Waals surface area contributed by atoms with Crippen LogP contribution in [0, 0.1) is 6.92 Å². The maximum absolute atomic E-state index is 14.1. The van der Waals surface area contributed by atoms with Crippen molar-refractivity contribution >= 4 is 39.1 Å². The second kappa shape index (κ2) is 14.4. The average molecular weight is 616 g/mol. The SMILES string of the molecule is CCC(C)NC(=O)C(C)N(Cc1cccc(Cl)c1)C(=O)CN(c1ccc(OC)c(OC)c1)S(=O)(=O)c1ccc(C)cc1. The quantitative estimate of drug-likeness (QED) is 0.284. The topological polar surface area (TPSA) is 105 Å². The lowest BCUT2D eigenvalue weighted by Gasteiger charge is -2.32. The van der Waals surface area contributed by atoms with Crippen LogP contribution in [0.2, 0.25) is 5.02 Å². The Morgan fingerprint density at radius 2 is 1.62 bits per heavy atom. The van der Waals surface area contributed by atoms with E-state index in [0.29, 0.717) is 28.5 Å². The lowest BCUT2D eigenvalue weighted by molar-refractivity contribution is -0.139. The third-order valence-electron chi connectivity index (χ3n) is 6.95. The summed E-state index contributed by atoms with van der Waals surface area (Å²) in [6, 6.07) is 16.9. The van der Waals surface area contributed by atoms with Crippen LogP contribution in [0.15, 0.2) is 71.6 Å². The van der Waals surface area contributed by atoms with Crippen molar-refractivity contribution in [2.24, 2.45) is 0 Å². The second-order valence-corrected chi connectivity index (χ2v) is 12.3. The fourth-order valence-electron chi connectivity index (χ4n) is 4.23. The van der Waals surface area contributed by atoms with Crippen molar-refractivity contribution < 1.29 is 27.5 Å². The zero-order valence-corrected chi connectivity index (χ0v) is 26.3. The zero-order chi connectivity index (χ0) is 31.0. The molecule has 1 N–H and O–H groups in total. The standard InChI is InChI=1S/C31H38ClN3O6S/c1-7-22(3)33-31(37)23(4)34(19-24-9-8-10-25(32)17-24)30(36)20-35(26-13-16-28(40-5)29(18-26)41-6)42(38,39)27-14-11-21(2)12-15-27/h8-18,22-23H,7,19-20H2,1-6H3,(H,33,37). The summed E-state index contributed by atoms with van der Waals surface area (Å²) in [5.74, 6) is -0.229. The maximum atomic E-state index is 14.1. The number of nitrogens with one attached hydrogen (secondary N) is 1. The van der Waals surface area contributed by atoms with Gasteiger partial charge in [-0.1, -0.05) is 48.4 Å². The van der Waals surface area contributed by atoms with Gasteiger partial charge < -0.3 is 19.7 Å².